The van der Waals surface area contributed by atoms with Crippen molar-refractivity contribution in [1.29, 1.82) is 0 Å². The van der Waals surface area contributed by atoms with Crippen LogP contribution in [0.5, 0.6) is 0 Å². The van der Waals surface area contributed by atoms with Crippen molar-refractivity contribution in [1.82, 2.24) is 15.2 Å². The number of nitrogens with two attached hydrogens (primary N) is 1. The summed E-state index contributed by atoms with van der Waals surface area (Å²) < 4.78 is 5.40. The van der Waals surface area contributed by atoms with Crippen LogP contribution >= 0.6 is 0 Å². The number of hydrogen-bond acceptors (Lipinski definition) is 5. The first-order chi connectivity index (χ1) is 8.60. The number of amides is 1. The first-order valence-corrected chi connectivity index (χ1v) is 6.11. The molecule has 100 valence electrons. The third-order valence-electron chi connectivity index (χ3n) is 3.37. The molecule has 2 rings (SSSR count). The third-order valence-corrected chi connectivity index (χ3v) is 3.37. The number of furan rings is 1. The topological polar surface area (TPSA) is 74.7 Å². The minimum Gasteiger partial charge on any atom is -0.456 e. The van der Waals surface area contributed by atoms with Crippen molar-refractivity contribution >= 4 is 5.91 Å². The van der Waals surface area contributed by atoms with Crippen LogP contribution < -0.4 is 11.3 Å². The molecule has 0 radical (unpaired) electrons. The van der Waals surface area contributed by atoms with E-state index in [1.807, 2.05) is 6.92 Å². The predicted octanol–water partition coefficient (Wildman–Crippen LogP) is -0.0611. The van der Waals surface area contributed by atoms with Gasteiger partial charge in [0.15, 0.2) is 5.76 Å². The summed E-state index contributed by atoms with van der Waals surface area (Å²) in [6.07, 6.45) is 0. The second kappa shape index (κ2) is 5.51. The summed E-state index contributed by atoms with van der Waals surface area (Å²) in [5.41, 5.74) is 3.13. The number of nitrogen functional groups attached to an aromatic ring is 1. The number of carbonyl (C=O) groups is 1. The molecule has 6 nitrogen and oxygen atoms in total. The number of rotatable bonds is 3. The lowest BCUT2D eigenvalue weighted by Crippen LogP contribution is -2.43. The maximum Gasteiger partial charge on any atom is 0.300 e. The molecule has 18 heavy (non-hydrogen) atoms. The Morgan fingerprint density at radius 3 is 2.72 bits per heavy atom. The van der Waals surface area contributed by atoms with E-state index in [0.717, 1.165) is 44.0 Å². The molecule has 0 atom stereocenters. The third kappa shape index (κ3) is 2.90. The van der Waals surface area contributed by atoms with E-state index in [-0.39, 0.29) is 11.7 Å². The number of nitrogens with zero attached hydrogens (tertiary/aromatic N) is 2. The second-order valence-electron chi connectivity index (χ2n) is 4.74. The Morgan fingerprint density at radius 1 is 1.44 bits per heavy atom. The summed E-state index contributed by atoms with van der Waals surface area (Å²) in [5.74, 6) is 5.76. The Morgan fingerprint density at radius 2 is 2.11 bits per heavy atom. The molecule has 3 N–H and O–H groups in total. The Bertz CT molecular complexity index is 422. The SMILES string of the molecule is Cc1oc(C(=O)NN)cc1CN1CCN(C)CC1. The van der Waals surface area contributed by atoms with Gasteiger partial charge in [-0.3, -0.25) is 15.1 Å². The molecule has 1 aromatic heterocycles. The van der Waals surface area contributed by atoms with Gasteiger partial charge in [-0.05, 0) is 20.0 Å². The molecule has 0 saturated carbocycles. The maximum absolute atomic E-state index is 11.4. The highest BCUT2D eigenvalue weighted by molar-refractivity contribution is 5.91. The number of carbonyl (C=O) groups excluding carboxylic acids is 1. The monoisotopic (exact) mass is 252 g/mol. The van der Waals surface area contributed by atoms with Crippen LogP contribution in [0, 0.1) is 6.92 Å². The number of piperazine rings is 1. The van der Waals surface area contributed by atoms with Crippen LogP contribution in [0.2, 0.25) is 0 Å². The Balaban J connectivity index is 2.01. The molecule has 1 fully saturated rings. The molecule has 0 spiro atoms. The minimum absolute atomic E-state index is 0.277. The lowest BCUT2D eigenvalue weighted by Gasteiger charge is -2.32. The molecule has 0 aliphatic carbocycles. The van der Waals surface area contributed by atoms with E-state index < -0.39 is 0 Å². The van der Waals surface area contributed by atoms with Gasteiger partial charge in [-0.25, -0.2) is 5.84 Å². The molecular weight excluding hydrogens is 232 g/mol. The fourth-order valence-corrected chi connectivity index (χ4v) is 2.11. The lowest BCUT2D eigenvalue weighted by atomic mass is 10.2. The number of nitrogens with one attached hydrogen (secondary N) is 1. The summed E-state index contributed by atoms with van der Waals surface area (Å²) in [7, 11) is 2.13. The fraction of sp³-hybridized carbons (Fsp3) is 0.583. The van der Waals surface area contributed by atoms with E-state index in [1.165, 1.54) is 0 Å². The molecule has 1 saturated heterocycles. The fourth-order valence-electron chi connectivity index (χ4n) is 2.11. The largest absolute Gasteiger partial charge is 0.456 e. The molecule has 6 heteroatoms. The predicted molar refractivity (Wildman–Crippen MR) is 67.9 cm³/mol. The van der Waals surface area contributed by atoms with Crippen molar-refractivity contribution < 1.29 is 9.21 Å². The summed E-state index contributed by atoms with van der Waals surface area (Å²) in [4.78, 5) is 16.0. The summed E-state index contributed by atoms with van der Waals surface area (Å²) >= 11 is 0. The summed E-state index contributed by atoms with van der Waals surface area (Å²) in [6.45, 7) is 6.93. The minimum atomic E-state index is -0.386. The highest BCUT2D eigenvalue weighted by Gasteiger charge is 2.18. The van der Waals surface area contributed by atoms with Gasteiger partial charge in [-0.1, -0.05) is 0 Å². The van der Waals surface area contributed by atoms with E-state index in [9.17, 15) is 4.79 Å². The average Bonchev–Trinajstić information content (AvgIpc) is 2.73. The van der Waals surface area contributed by atoms with Crippen LogP contribution in [0.25, 0.3) is 0 Å². The van der Waals surface area contributed by atoms with Gasteiger partial charge in [0.1, 0.15) is 5.76 Å². The van der Waals surface area contributed by atoms with Gasteiger partial charge >= 0.3 is 5.91 Å². The normalized spacial score (nSPS) is 17.9. The zero-order valence-electron chi connectivity index (χ0n) is 10.9. The Labute approximate surface area is 107 Å². The number of hydrogen-bond donors (Lipinski definition) is 2. The highest BCUT2D eigenvalue weighted by atomic mass is 16.4. The first kappa shape index (κ1) is 13.1. The van der Waals surface area contributed by atoms with Crippen molar-refractivity contribution in [2.75, 3.05) is 33.2 Å². The maximum atomic E-state index is 11.4. The Hall–Kier alpha value is -1.37. The zero-order valence-corrected chi connectivity index (χ0v) is 10.9. The molecule has 1 aliphatic heterocycles. The number of hydrazine groups is 1. The molecule has 2 heterocycles. The molecule has 0 aromatic carbocycles. The quantitative estimate of drug-likeness (QED) is 0.448. The van der Waals surface area contributed by atoms with E-state index in [4.69, 9.17) is 10.3 Å². The van der Waals surface area contributed by atoms with Crippen molar-refractivity contribution in [3.8, 4) is 0 Å². The molecule has 1 aliphatic rings. The van der Waals surface area contributed by atoms with Gasteiger partial charge in [0.05, 0.1) is 0 Å². The van der Waals surface area contributed by atoms with Crippen molar-refractivity contribution in [2.24, 2.45) is 5.84 Å². The number of likely N-dealkylation sites (N-methyl/N-ethyl adjacent to an activating group) is 1. The van der Waals surface area contributed by atoms with Crippen LogP contribution in [-0.4, -0.2) is 48.9 Å². The van der Waals surface area contributed by atoms with Crippen LogP contribution in [0.4, 0.5) is 0 Å². The van der Waals surface area contributed by atoms with Crippen LogP contribution in [0.3, 0.4) is 0 Å². The van der Waals surface area contributed by atoms with E-state index in [0.29, 0.717) is 0 Å². The Kier molecular flexibility index (Phi) is 4.00. The van der Waals surface area contributed by atoms with Crippen molar-refractivity contribution in [3.63, 3.8) is 0 Å². The van der Waals surface area contributed by atoms with Gasteiger partial charge in [-0.2, -0.15) is 0 Å². The smallest absolute Gasteiger partial charge is 0.300 e. The summed E-state index contributed by atoms with van der Waals surface area (Å²) in [6, 6.07) is 1.77. The van der Waals surface area contributed by atoms with Crippen LogP contribution in [0.15, 0.2) is 10.5 Å². The van der Waals surface area contributed by atoms with E-state index in [2.05, 4.69) is 22.3 Å². The molecular formula is C12H20N4O2. The van der Waals surface area contributed by atoms with Gasteiger partial charge in [-0.15, -0.1) is 0 Å². The highest BCUT2D eigenvalue weighted by Crippen LogP contribution is 2.17. The van der Waals surface area contributed by atoms with Gasteiger partial charge < -0.3 is 9.32 Å². The van der Waals surface area contributed by atoms with E-state index in [1.54, 1.807) is 6.07 Å². The first-order valence-electron chi connectivity index (χ1n) is 6.11. The molecule has 0 bridgehead atoms. The standard InChI is InChI=1S/C12H20N4O2/c1-9-10(7-11(18-9)12(17)14-13)8-16-5-3-15(2)4-6-16/h7H,3-6,8,13H2,1-2H3,(H,14,17). The molecule has 1 aromatic rings. The summed E-state index contributed by atoms with van der Waals surface area (Å²) in [5, 5.41) is 0. The number of aryl methyl sites for hydroxylation is 1. The lowest BCUT2D eigenvalue weighted by molar-refractivity contribution is 0.0924. The van der Waals surface area contributed by atoms with Crippen molar-refractivity contribution in [2.45, 2.75) is 13.5 Å². The second-order valence-corrected chi connectivity index (χ2v) is 4.74. The van der Waals surface area contributed by atoms with Gasteiger partial charge in [0, 0.05) is 38.3 Å². The van der Waals surface area contributed by atoms with Gasteiger partial charge in [0.25, 0.3) is 0 Å². The van der Waals surface area contributed by atoms with Gasteiger partial charge in [0.2, 0.25) is 0 Å². The van der Waals surface area contributed by atoms with Crippen LogP contribution in [0.1, 0.15) is 21.9 Å². The molecule has 1 amide bonds. The van der Waals surface area contributed by atoms with Crippen LogP contribution in [-0.2, 0) is 6.54 Å². The zero-order chi connectivity index (χ0) is 13.1. The average molecular weight is 252 g/mol. The molecule has 0 unspecified atom stereocenters. The van der Waals surface area contributed by atoms with E-state index >= 15 is 0 Å². The van der Waals surface area contributed by atoms with Crippen molar-refractivity contribution in [3.05, 3.63) is 23.2 Å².